The van der Waals surface area contributed by atoms with Crippen LogP contribution in [-0.2, 0) is 0 Å². The minimum atomic E-state index is -0.341. The fourth-order valence-corrected chi connectivity index (χ4v) is 1.60. The van der Waals surface area contributed by atoms with E-state index in [9.17, 15) is 9.59 Å². The van der Waals surface area contributed by atoms with Crippen LogP contribution in [0, 0.1) is 0 Å². The maximum atomic E-state index is 11.9. The predicted molar refractivity (Wildman–Crippen MR) is 69.0 cm³/mol. The summed E-state index contributed by atoms with van der Waals surface area (Å²) in [6, 6.07) is 9.75. The first-order valence-corrected chi connectivity index (χ1v) is 5.55. The maximum absolute atomic E-state index is 11.9. The Morgan fingerprint density at radius 3 is 2.56 bits per heavy atom. The van der Waals surface area contributed by atoms with E-state index in [-0.39, 0.29) is 11.1 Å². The Hall–Kier alpha value is -2.20. The van der Waals surface area contributed by atoms with Crippen LogP contribution in [0.5, 0.6) is 0 Å². The van der Waals surface area contributed by atoms with Gasteiger partial charge in [-0.25, -0.2) is 4.98 Å². The highest BCUT2D eigenvalue weighted by Crippen LogP contribution is 2.15. The molecule has 5 heteroatoms. The molecule has 0 unspecified atom stereocenters. The summed E-state index contributed by atoms with van der Waals surface area (Å²) in [5, 5.41) is 2.82. The van der Waals surface area contributed by atoms with Gasteiger partial charge < -0.3 is 5.32 Å². The summed E-state index contributed by atoms with van der Waals surface area (Å²) in [6.07, 6.45) is 2.25. The van der Waals surface area contributed by atoms with Gasteiger partial charge in [0.05, 0.1) is 5.56 Å². The van der Waals surface area contributed by atoms with Crippen molar-refractivity contribution in [2.45, 2.75) is 0 Å². The summed E-state index contributed by atoms with van der Waals surface area (Å²) >= 11 is 5.81. The number of nitrogens with one attached hydrogen (secondary N) is 1. The third-order valence-corrected chi connectivity index (χ3v) is 2.61. The molecule has 1 heterocycles. The van der Waals surface area contributed by atoms with Crippen molar-refractivity contribution < 1.29 is 9.59 Å². The minimum Gasteiger partial charge on any atom is -0.322 e. The van der Waals surface area contributed by atoms with E-state index in [2.05, 4.69) is 10.3 Å². The molecule has 0 saturated carbocycles. The van der Waals surface area contributed by atoms with Crippen molar-refractivity contribution in [2.75, 3.05) is 5.32 Å². The van der Waals surface area contributed by atoms with Crippen molar-refractivity contribution >= 4 is 29.5 Å². The summed E-state index contributed by atoms with van der Waals surface area (Å²) in [7, 11) is 0. The van der Waals surface area contributed by atoms with E-state index in [4.69, 9.17) is 11.6 Å². The number of pyridine rings is 1. The van der Waals surface area contributed by atoms with Crippen molar-refractivity contribution in [2.24, 2.45) is 0 Å². The molecule has 0 bridgehead atoms. The average molecular weight is 261 g/mol. The Morgan fingerprint density at radius 2 is 1.94 bits per heavy atom. The van der Waals surface area contributed by atoms with E-state index in [1.54, 1.807) is 36.4 Å². The number of nitrogens with zero attached hydrogens (tertiary/aromatic N) is 1. The van der Waals surface area contributed by atoms with Crippen molar-refractivity contribution in [3.63, 3.8) is 0 Å². The van der Waals surface area contributed by atoms with Crippen molar-refractivity contribution in [3.05, 3.63) is 58.9 Å². The number of carbonyl (C=O) groups excluding carboxylic acids is 2. The number of aldehydes is 1. The van der Waals surface area contributed by atoms with Gasteiger partial charge in [-0.3, -0.25) is 9.59 Å². The summed E-state index contributed by atoms with van der Waals surface area (Å²) in [5.74, 6) is -0.341. The largest absolute Gasteiger partial charge is 0.322 e. The van der Waals surface area contributed by atoms with Crippen molar-refractivity contribution in [3.8, 4) is 0 Å². The Bertz CT molecular complexity index is 582. The third-order valence-electron chi connectivity index (χ3n) is 2.31. The summed E-state index contributed by atoms with van der Waals surface area (Å²) in [5.41, 5.74) is 1.44. The SMILES string of the molecule is O=Cc1ccc(NC(=O)c2cccnc2Cl)cc1. The van der Waals surface area contributed by atoms with Gasteiger partial charge in [-0.2, -0.15) is 0 Å². The highest BCUT2D eigenvalue weighted by atomic mass is 35.5. The predicted octanol–water partition coefficient (Wildman–Crippen LogP) is 2.80. The molecule has 0 fully saturated rings. The summed E-state index contributed by atoms with van der Waals surface area (Å²) in [4.78, 5) is 26.2. The molecular formula is C13H9ClN2O2. The fraction of sp³-hybridized carbons (Fsp3) is 0. The number of anilines is 1. The van der Waals surface area contributed by atoms with Gasteiger partial charge in [-0.15, -0.1) is 0 Å². The van der Waals surface area contributed by atoms with Gasteiger partial charge in [-0.1, -0.05) is 11.6 Å². The molecular weight excluding hydrogens is 252 g/mol. The lowest BCUT2D eigenvalue weighted by atomic mass is 10.2. The molecule has 4 nitrogen and oxygen atoms in total. The van der Waals surface area contributed by atoms with Gasteiger partial charge >= 0.3 is 0 Å². The van der Waals surface area contributed by atoms with Crippen LogP contribution in [0.25, 0.3) is 0 Å². The van der Waals surface area contributed by atoms with Crippen LogP contribution >= 0.6 is 11.6 Å². The van der Waals surface area contributed by atoms with E-state index < -0.39 is 0 Å². The molecule has 0 spiro atoms. The van der Waals surface area contributed by atoms with Crippen LogP contribution in [0.3, 0.4) is 0 Å². The first-order chi connectivity index (χ1) is 8.70. The molecule has 1 N–H and O–H groups in total. The smallest absolute Gasteiger partial charge is 0.258 e. The second-order valence-corrected chi connectivity index (χ2v) is 3.89. The van der Waals surface area contributed by atoms with Crippen LogP contribution in [0.15, 0.2) is 42.6 Å². The number of amides is 1. The molecule has 2 rings (SSSR count). The standard InChI is InChI=1S/C13H9ClN2O2/c14-12-11(2-1-7-15-12)13(18)16-10-5-3-9(8-17)4-6-10/h1-8H,(H,16,18). The lowest BCUT2D eigenvalue weighted by molar-refractivity contribution is 0.102. The zero-order valence-electron chi connectivity index (χ0n) is 9.26. The molecule has 18 heavy (non-hydrogen) atoms. The lowest BCUT2D eigenvalue weighted by Gasteiger charge is -2.06. The zero-order valence-corrected chi connectivity index (χ0v) is 10.0. The molecule has 1 amide bonds. The van der Waals surface area contributed by atoms with Gasteiger partial charge in [0.2, 0.25) is 0 Å². The number of benzene rings is 1. The van der Waals surface area contributed by atoms with Gasteiger partial charge in [0, 0.05) is 17.4 Å². The molecule has 1 aromatic carbocycles. The number of carbonyl (C=O) groups is 2. The van der Waals surface area contributed by atoms with Crippen LogP contribution in [0.4, 0.5) is 5.69 Å². The van der Waals surface area contributed by atoms with Gasteiger partial charge in [0.25, 0.3) is 5.91 Å². The second-order valence-electron chi connectivity index (χ2n) is 3.54. The van der Waals surface area contributed by atoms with E-state index in [0.717, 1.165) is 6.29 Å². The number of aromatic nitrogens is 1. The van der Waals surface area contributed by atoms with Crippen LogP contribution in [-0.4, -0.2) is 17.2 Å². The van der Waals surface area contributed by atoms with Crippen LogP contribution in [0.2, 0.25) is 5.15 Å². The van der Waals surface area contributed by atoms with Crippen molar-refractivity contribution in [1.29, 1.82) is 0 Å². The summed E-state index contributed by atoms with van der Waals surface area (Å²) < 4.78 is 0. The minimum absolute atomic E-state index is 0.152. The topological polar surface area (TPSA) is 59.1 Å². The molecule has 0 aliphatic rings. The highest BCUT2D eigenvalue weighted by molar-refractivity contribution is 6.33. The Balaban J connectivity index is 2.16. The Kier molecular flexibility index (Phi) is 3.69. The van der Waals surface area contributed by atoms with E-state index in [1.165, 1.54) is 6.20 Å². The number of hydrogen-bond acceptors (Lipinski definition) is 3. The molecule has 0 radical (unpaired) electrons. The first kappa shape index (κ1) is 12.3. The number of halogens is 1. The molecule has 1 aromatic heterocycles. The van der Waals surface area contributed by atoms with Crippen LogP contribution in [0.1, 0.15) is 20.7 Å². The molecule has 0 saturated heterocycles. The second kappa shape index (κ2) is 5.42. The summed E-state index contributed by atoms with van der Waals surface area (Å²) in [6.45, 7) is 0. The van der Waals surface area contributed by atoms with Gasteiger partial charge in [0.1, 0.15) is 11.4 Å². The average Bonchev–Trinajstić information content (AvgIpc) is 2.40. The molecule has 90 valence electrons. The van der Waals surface area contributed by atoms with Crippen molar-refractivity contribution in [1.82, 2.24) is 4.98 Å². The van der Waals surface area contributed by atoms with Gasteiger partial charge in [-0.05, 0) is 36.4 Å². The number of rotatable bonds is 3. The quantitative estimate of drug-likeness (QED) is 0.682. The van der Waals surface area contributed by atoms with Gasteiger partial charge in [0.15, 0.2) is 0 Å². The van der Waals surface area contributed by atoms with Crippen LogP contribution < -0.4 is 5.32 Å². The fourth-order valence-electron chi connectivity index (χ4n) is 1.40. The lowest BCUT2D eigenvalue weighted by Crippen LogP contribution is -2.12. The first-order valence-electron chi connectivity index (χ1n) is 5.18. The monoisotopic (exact) mass is 260 g/mol. The zero-order chi connectivity index (χ0) is 13.0. The normalized spacial score (nSPS) is 9.83. The highest BCUT2D eigenvalue weighted by Gasteiger charge is 2.10. The third kappa shape index (κ3) is 2.73. The molecule has 0 atom stereocenters. The molecule has 2 aromatic rings. The maximum Gasteiger partial charge on any atom is 0.258 e. The number of hydrogen-bond donors (Lipinski definition) is 1. The Labute approximate surface area is 109 Å². The molecule has 0 aliphatic heterocycles. The van der Waals surface area contributed by atoms with E-state index >= 15 is 0 Å². The van der Waals surface area contributed by atoms with E-state index in [0.29, 0.717) is 16.8 Å². The Morgan fingerprint density at radius 1 is 1.22 bits per heavy atom. The molecule has 0 aliphatic carbocycles. The van der Waals surface area contributed by atoms with E-state index in [1.807, 2.05) is 0 Å².